The maximum absolute atomic E-state index is 15.2. The fraction of sp³-hybridized carbons (Fsp3) is 0.474. The number of hydroxylamine groups is 2. The lowest BCUT2D eigenvalue weighted by Gasteiger charge is -2.37. The van der Waals surface area contributed by atoms with Gasteiger partial charge in [-0.2, -0.15) is 42.1 Å². The molecule has 0 radical (unpaired) electrons. The van der Waals surface area contributed by atoms with Crippen molar-refractivity contribution in [2.24, 2.45) is 0 Å². The molecule has 4 aromatic rings. The number of anilines is 2. The number of carbonyl (C=O) groups is 4. The zero-order chi connectivity index (χ0) is 67.5. The summed E-state index contributed by atoms with van der Waals surface area (Å²) in [6.07, 6.45) is 0.968. The molecule has 0 bridgehead atoms. The van der Waals surface area contributed by atoms with Gasteiger partial charge in [0.25, 0.3) is 62.4 Å². The second kappa shape index (κ2) is 28.3. The maximum atomic E-state index is 15.2. The third kappa shape index (κ3) is 15.5. The molecule has 1 aliphatic carbocycles. The highest BCUT2D eigenvalue weighted by Gasteiger charge is 2.51. The minimum atomic E-state index is -5.27. The van der Waals surface area contributed by atoms with Gasteiger partial charge in [-0.25, -0.2) is 4.79 Å². The molecule has 3 unspecified atom stereocenters. The molecule has 0 aromatic heterocycles. The Morgan fingerprint density at radius 3 is 1.60 bits per heavy atom. The minimum absolute atomic E-state index is 0.00289. The first-order valence-electron chi connectivity index (χ1n) is 28.5. The van der Waals surface area contributed by atoms with Gasteiger partial charge in [-0.05, 0) is 103 Å². The fourth-order valence-electron chi connectivity index (χ4n) is 12.0. The van der Waals surface area contributed by atoms with Crippen LogP contribution in [0.2, 0.25) is 0 Å². The Balaban J connectivity index is 1.31. The van der Waals surface area contributed by atoms with Crippen molar-refractivity contribution in [1.29, 1.82) is 0 Å². The lowest BCUT2D eigenvalue weighted by molar-refractivity contribution is -0.197. The summed E-state index contributed by atoms with van der Waals surface area (Å²) in [6.45, 7) is 4.09. The van der Waals surface area contributed by atoms with Gasteiger partial charge in [0, 0.05) is 91.9 Å². The normalized spacial score (nSPS) is 20.6. The molecule has 3 atom stereocenters. The van der Waals surface area contributed by atoms with Crippen molar-refractivity contribution < 1.29 is 122 Å². The van der Waals surface area contributed by atoms with Crippen LogP contribution in [0.15, 0.2) is 103 Å². The molecule has 504 valence electrons. The summed E-state index contributed by atoms with van der Waals surface area (Å²) in [5, 5.41) is 12.0. The molecule has 35 heteroatoms. The SMILES string of the molecule is COCCOCCOCCOCCC1(C)/C(=C\C2=C(O)C(=C/C3N(CCOCCOC)c4ccc5c(S(=O)(=O)O)cc(S(=O)(=O)O)cc5c4C3(C)CCCS(=O)(=O)O)/C2=O)N(CCCC(=O)ON2C(=O)CCC2=O)c2ccc3c(S(=O)(=O)O)cc(S(=O)(=O)O)cc3c21. The molecule has 0 saturated carbocycles. The maximum Gasteiger partial charge on any atom is 0.333 e. The van der Waals surface area contributed by atoms with Gasteiger partial charge in [-0.15, -0.1) is 5.06 Å². The number of Topliss-reactive ketones (excluding diaryl/α,β-unsaturated/α-hetero) is 1. The van der Waals surface area contributed by atoms with Crippen molar-refractivity contribution in [3.8, 4) is 0 Å². The second-order valence-electron chi connectivity index (χ2n) is 22.3. The first kappa shape index (κ1) is 71.5. The van der Waals surface area contributed by atoms with Gasteiger partial charge in [0.05, 0.1) is 92.2 Å². The van der Waals surface area contributed by atoms with Crippen LogP contribution < -0.4 is 9.80 Å². The number of hydrogen-bond acceptors (Lipinski definition) is 24. The Labute approximate surface area is 530 Å². The van der Waals surface area contributed by atoms with Crippen molar-refractivity contribution >= 4 is 107 Å². The number of nitrogens with zero attached hydrogens (tertiary/aromatic N) is 3. The number of imide groups is 1. The van der Waals surface area contributed by atoms with E-state index in [0.717, 1.165) is 12.1 Å². The van der Waals surface area contributed by atoms with Gasteiger partial charge >= 0.3 is 5.97 Å². The molecular weight excluding hydrogens is 1320 g/mol. The molecule has 4 aromatic carbocycles. The molecule has 6 N–H and O–H groups in total. The topological polar surface area (TPSA) is 435 Å². The lowest BCUT2D eigenvalue weighted by atomic mass is 9.71. The molecule has 4 aliphatic rings. The van der Waals surface area contributed by atoms with E-state index in [1.807, 2.05) is 0 Å². The van der Waals surface area contributed by atoms with Crippen LogP contribution >= 0.6 is 0 Å². The third-order valence-electron chi connectivity index (χ3n) is 16.3. The number of benzene rings is 4. The van der Waals surface area contributed by atoms with E-state index in [1.165, 1.54) is 50.6 Å². The monoisotopic (exact) mass is 1390 g/mol. The van der Waals surface area contributed by atoms with Crippen LogP contribution in [-0.2, 0) is 114 Å². The number of ketones is 1. The number of rotatable bonds is 33. The third-order valence-corrected chi connectivity index (χ3v) is 20.6. The number of amides is 2. The van der Waals surface area contributed by atoms with Crippen LogP contribution in [0.1, 0.15) is 69.9 Å². The number of hydrogen-bond donors (Lipinski definition) is 6. The largest absolute Gasteiger partial charge is 0.506 e. The van der Waals surface area contributed by atoms with Crippen LogP contribution in [0.25, 0.3) is 21.5 Å². The smallest absolute Gasteiger partial charge is 0.333 e. The summed E-state index contributed by atoms with van der Waals surface area (Å²) in [5.74, 6) is -4.83. The Morgan fingerprint density at radius 1 is 0.598 bits per heavy atom. The van der Waals surface area contributed by atoms with Crippen molar-refractivity contribution in [3.05, 3.63) is 94.4 Å². The molecule has 1 saturated heterocycles. The van der Waals surface area contributed by atoms with Crippen molar-refractivity contribution in [3.63, 3.8) is 0 Å². The van der Waals surface area contributed by atoms with Crippen LogP contribution in [0.4, 0.5) is 11.4 Å². The van der Waals surface area contributed by atoms with Gasteiger partial charge in [0.1, 0.15) is 15.6 Å². The number of allylic oxidation sites excluding steroid dienone is 4. The fourth-order valence-corrected chi connectivity index (χ4v) is 15.2. The highest BCUT2D eigenvalue weighted by Crippen LogP contribution is 2.56. The Morgan fingerprint density at radius 2 is 1.10 bits per heavy atom. The standard InChI is InChI=1S/C57H69N3O27S5/c1-56(14-6-28-88(66,67)68)47(59(17-19-84-22-20-81-3)44-11-9-37-39(52(44)56)29-35(89(69,70)71)31-45(37)91(75,76)77)33-41-54(64)42(55(41)65)34-48-57(2,15-18-83-24-25-86-27-26-85-23-21-82-4)53-40-30-36(90(72,73)74)32-46(92(78,79)80)38(40)8-10-43(53)58(48)16-5-7-51(63)87-60-49(61)12-13-50(60)62/h8-11,29-34,47,64H,5-7,12-28H2,1-4H3,(H,66,67,68)(H,69,70,71)(H,72,73,74)(H,75,76,77)(H,78,79,80)/b41-33-,48-34+. The molecule has 30 nitrogen and oxygen atoms in total. The first-order valence-corrected chi connectivity index (χ1v) is 35.8. The predicted octanol–water partition coefficient (Wildman–Crippen LogP) is 4.21. The number of ether oxygens (including phenoxy) is 6. The summed E-state index contributed by atoms with van der Waals surface area (Å²) in [6, 6.07) is 7.20. The summed E-state index contributed by atoms with van der Waals surface area (Å²) >= 11 is 0. The number of carbonyl (C=O) groups excluding carboxylic acids is 4. The minimum Gasteiger partial charge on any atom is -0.506 e. The molecule has 2 amide bonds. The van der Waals surface area contributed by atoms with E-state index in [-0.39, 0.29) is 165 Å². The summed E-state index contributed by atoms with van der Waals surface area (Å²) in [7, 11) is -22.7. The average molecular weight is 1390 g/mol. The molecule has 0 spiro atoms. The van der Waals surface area contributed by atoms with Crippen molar-refractivity contribution in [2.45, 2.75) is 95.2 Å². The van der Waals surface area contributed by atoms with Crippen molar-refractivity contribution in [2.75, 3.05) is 109 Å². The van der Waals surface area contributed by atoms with Gasteiger partial charge in [0.2, 0.25) is 0 Å². The van der Waals surface area contributed by atoms with Crippen LogP contribution in [0.5, 0.6) is 0 Å². The lowest BCUT2D eigenvalue weighted by Crippen LogP contribution is -2.44. The van der Waals surface area contributed by atoms with E-state index in [9.17, 15) is 84.3 Å². The predicted molar refractivity (Wildman–Crippen MR) is 325 cm³/mol. The molecular formula is C57H69N3O27S5. The van der Waals surface area contributed by atoms with Crippen LogP contribution in [0.3, 0.4) is 0 Å². The van der Waals surface area contributed by atoms with E-state index in [4.69, 9.17) is 33.3 Å². The Hall–Kier alpha value is -6.39. The number of methoxy groups -OCH3 is 2. The quantitative estimate of drug-likeness (QED) is 0.0168. The molecule has 1 fully saturated rings. The van der Waals surface area contributed by atoms with E-state index < -0.39 is 129 Å². The average Bonchev–Trinajstić information content (AvgIpc) is 1.53. The zero-order valence-corrected chi connectivity index (χ0v) is 54.2. The van der Waals surface area contributed by atoms with Crippen LogP contribution in [-0.4, -0.2) is 204 Å². The second-order valence-corrected chi connectivity index (χ2v) is 29.5. The van der Waals surface area contributed by atoms with E-state index in [0.29, 0.717) is 30.4 Å². The molecule has 3 heterocycles. The van der Waals surface area contributed by atoms with Gasteiger partial charge in [0.15, 0.2) is 5.78 Å². The number of fused-ring (bicyclic) bond motifs is 6. The molecule has 92 heavy (non-hydrogen) atoms. The summed E-state index contributed by atoms with van der Waals surface area (Å²) in [4.78, 5) is 57.8. The zero-order valence-electron chi connectivity index (χ0n) is 50.1. The number of aliphatic hydroxyl groups excluding tert-OH is 1. The summed E-state index contributed by atoms with van der Waals surface area (Å²) < 4.78 is 213. The van der Waals surface area contributed by atoms with E-state index in [1.54, 1.807) is 23.6 Å². The van der Waals surface area contributed by atoms with E-state index >= 15 is 4.79 Å². The Kier molecular flexibility index (Phi) is 22.0. The van der Waals surface area contributed by atoms with Crippen LogP contribution in [0, 0.1) is 0 Å². The molecule has 3 aliphatic heterocycles. The summed E-state index contributed by atoms with van der Waals surface area (Å²) in [5.41, 5.74) is -3.08. The van der Waals surface area contributed by atoms with Gasteiger partial charge < -0.3 is 48.2 Å². The van der Waals surface area contributed by atoms with E-state index in [2.05, 4.69) is 0 Å². The van der Waals surface area contributed by atoms with Crippen molar-refractivity contribution in [1.82, 2.24) is 5.06 Å². The highest BCUT2D eigenvalue weighted by molar-refractivity contribution is 7.87. The number of aliphatic hydroxyl groups is 1. The highest BCUT2D eigenvalue weighted by atomic mass is 32.2. The Bertz CT molecular complexity index is 4270. The van der Waals surface area contributed by atoms with Gasteiger partial charge in [-0.3, -0.25) is 37.1 Å². The molecule has 8 rings (SSSR count). The van der Waals surface area contributed by atoms with Gasteiger partial charge in [-0.1, -0.05) is 19.1 Å². The first-order chi connectivity index (χ1) is 43.1.